The van der Waals surface area contributed by atoms with Crippen LogP contribution in [0.3, 0.4) is 0 Å². The third-order valence-corrected chi connectivity index (χ3v) is 8.87. The van der Waals surface area contributed by atoms with E-state index in [0.717, 1.165) is 37.3 Å². The molecule has 3 fully saturated rings. The average Bonchev–Trinajstić information content (AvgIpc) is 3.62. The van der Waals surface area contributed by atoms with Crippen molar-refractivity contribution >= 4 is 23.4 Å². The summed E-state index contributed by atoms with van der Waals surface area (Å²) in [7, 11) is 0. The van der Waals surface area contributed by atoms with Crippen LogP contribution < -0.4 is 0 Å². The Kier molecular flexibility index (Phi) is 8.03. The van der Waals surface area contributed by atoms with Crippen LogP contribution in [0.25, 0.3) is 0 Å². The van der Waals surface area contributed by atoms with E-state index in [2.05, 4.69) is 25.7 Å². The van der Waals surface area contributed by atoms with Crippen molar-refractivity contribution in [3.05, 3.63) is 70.2 Å². The zero-order valence-corrected chi connectivity index (χ0v) is 23.8. The lowest BCUT2D eigenvalue weighted by Gasteiger charge is -2.38. The molecular formula is C31H38ClF2N3O2. The summed E-state index contributed by atoms with van der Waals surface area (Å²) in [6, 6.07) is 11.3. The van der Waals surface area contributed by atoms with Crippen molar-refractivity contribution < 1.29 is 18.4 Å². The van der Waals surface area contributed by atoms with E-state index in [1.807, 2.05) is 34.1 Å². The summed E-state index contributed by atoms with van der Waals surface area (Å²) in [6.07, 6.45) is 3.33. The minimum atomic E-state index is -0.621. The largest absolute Gasteiger partial charge is 0.341 e. The molecule has 2 aliphatic heterocycles. The van der Waals surface area contributed by atoms with Gasteiger partial charge in [0.05, 0.1) is 12.0 Å². The van der Waals surface area contributed by atoms with Crippen LogP contribution in [0.15, 0.2) is 42.5 Å². The molecular weight excluding hydrogens is 520 g/mol. The van der Waals surface area contributed by atoms with Gasteiger partial charge in [-0.1, -0.05) is 29.8 Å². The molecule has 8 heteroatoms. The second-order valence-corrected chi connectivity index (χ2v) is 12.7. The summed E-state index contributed by atoms with van der Waals surface area (Å²) in [5.74, 6) is -1.81. The first-order valence-corrected chi connectivity index (χ1v) is 14.5. The number of hydrogen-bond donors (Lipinski definition) is 0. The van der Waals surface area contributed by atoms with E-state index in [1.54, 1.807) is 0 Å². The first kappa shape index (κ1) is 28.0. The number of nitrogens with zero attached hydrogens (tertiary/aromatic N) is 3. The Bertz CT molecular complexity index is 1210. The predicted molar refractivity (Wildman–Crippen MR) is 148 cm³/mol. The van der Waals surface area contributed by atoms with Crippen LogP contribution >= 0.6 is 11.6 Å². The monoisotopic (exact) mass is 557 g/mol. The molecule has 3 aliphatic rings. The molecule has 0 N–H and O–H groups in total. The maximum Gasteiger partial charge on any atom is 0.227 e. The number of amides is 2. The molecule has 0 bridgehead atoms. The summed E-state index contributed by atoms with van der Waals surface area (Å²) in [5.41, 5.74) is 1.26. The Hall–Kier alpha value is -2.51. The first-order chi connectivity index (χ1) is 18.5. The Morgan fingerprint density at radius 1 is 0.897 bits per heavy atom. The molecule has 3 unspecified atom stereocenters. The molecule has 5 nitrogen and oxygen atoms in total. The van der Waals surface area contributed by atoms with E-state index in [1.165, 1.54) is 12.1 Å². The zero-order valence-electron chi connectivity index (χ0n) is 23.0. The molecule has 39 heavy (non-hydrogen) atoms. The van der Waals surface area contributed by atoms with Crippen molar-refractivity contribution in [3.63, 3.8) is 0 Å². The highest BCUT2D eigenvalue weighted by Gasteiger charge is 2.45. The van der Waals surface area contributed by atoms with Gasteiger partial charge in [-0.3, -0.25) is 14.5 Å². The van der Waals surface area contributed by atoms with Gasteiger partial charge in [0, 0.05) is 61.2 Å². The van der Waals surface area contributed by atoms with Gasteiger partial charge in [-0.2, -0.15) is 0 Å². The summed E-state index contributed by atoms with van der Waals surface area (Å²) in [6.45, 7) is 8.79. The fraction of sp³-hybridized carbons (Fsp3) is 0.548. The predicted octanol–water partition coefficient (Wildman–Crippen LogP) is 6.03. The topological polar surface area (TPSA) is 43.9 Å². The Labute approximate surface area is 235 Å². The SMILES string of the molecule is CC(C)(C)N1CC(C(=O)N2CCCC(c3ccc(Cl)cc3)N(C(=O)C3CC3)CC2)C(c2ccc(F)cc2F)C1. The second-order valence-electron chi connectivity index (χ2n) is 12.3. The van der Waals surface area contributed by atoms with Crippen molar-refractivity contribution in [2.75, 3.05) is 32.7 Å². The van der Waals surface area contributed by atoms with Crippen LogP contribution in [0.4, 0.5) is 8.78 Å². The Balaban J connectivity index is 1.38. The molecule has 210 valence electrons. The fourth-order valence-electron chi connectivity index (χ4n) is 6.16. The van der Waals surface area contributed by atoms with Gasteiger partial charge in [-0.05, 0) is 75.8 Å². The number of carbonyl (C=O) groups excluding carboxylic acids is 2. The lowest BCUT2D eigenvalue weighted by molar-refractivity contribution is -0.141. The van der Waals surface area contributed by atoms with E-state index in [4.69, 9.17) is 11.6 Å². The third-order valence-electron chi connectivity index (χ3n) is 8.62. The van der Waals surface area contributed by atoms with Gasteiger partial charge in [0.15, 0.2) is 0 Å². The van der Waals surface area contributed by atoms with Crippen LogP contribution in [0.1, 0.15) is 69.5 Å². The highest BCUT2D eigenvalue weighted by molar-refractivity contribution is 6.30. The highest BCUT2D eigenvalue weighted by atomic mass is 35.5. The number of carbonyl (C=O) groups is 2. The molecule has 3 atom stereocenters. The van der Waals surface area contributed by atoms with Gasteiger partial charge in [0.2, 0.25) is 11.8 Å². The molecule has 0 spiro atoms. The highest BCUT2D eigenvalue weighted by Crippen LogP contribution is 2.40. The molecule has 2 saturated heterocycles. The lowest BCUT2D eigenvalue weighted by Crippen LogP contribution is -2.48. The van der Waals surface area contributed by atoms with Gasteiger partial charge in [-0.25, -0.2) is 8.78 Å². The van der Waals surface area contributed by atoms with Crippen LogP contribution in [0, 0.1) is 23.5 Å². The van der Waals surface area contributed by atoms with E-state index in [9.17, 15) is 18.4 Å². The van der Waals surface area contributed by atoms with Gasteiger partial charge in [0.1, 0.15) is 11.6 Å². The minimum Gasteiger partial charge on any atom is -0.341 e. The van der Waals surface area contributed by atoms with Crippen LogP contribution in [-0.4, -0.2) is 64.8 Å². The van der Waals surface area contributed by atoms with Gasteiger partial charge in [-0.15, -0.1) is 0 Å². The standard InChI is InChI=1S/C31H38ClF2N3O2/c1-31(2,3)36-18-25(24-13-12-23(33)17-27(24)34)26(19-36)30(39)35-14-4-5-28(20-8-10-22(32)11-9-20)37(16-15-35)29(38)21-6-7-21/h8-13,17,21,25-26,28H,4-7,14-16,18-19H2,1-3H3. The van der Waals surface area contributed by atoms with E-state index < -0.39 is 17.6 Å². The number of hydrogen-bond acceptors (Lipinski definition) is 3. The smallest absolute Gasteiger partial charge is 0.227 e. The quantitative estimate of drug-likeness (QED) is 0.461. The fourth-order valence-corrected chi connectivity index (χ4v) is 6.29. The minimum absolute atomic E-state index is 0.0146. The van der Waals surface area contributed by atoms with Crippen LogP contribution in [0.2, 0.25) is 5.02 Å². The number of halogens is 3. The number of likely N-dealkylation sites (tertiary alicyclic amines) is 1. The van der Waals surface area contributed by atoms with E-state index in [0.29, 0.717) is 43.3 Å². The van der Waals surface area contributed by atoms with Gasteiger partial charge in [0.25, 0.3) is 0 Å². The normalized spacial score (nSPS) is 24.9. The Morgan fingerprint density at radius 2 is 1.62 bits per heavy atom. The number of benzene rings is 2. The van der Waals surface area contributed by atoms with Crippen LogP contribution in [0.5, 0.6) is 0 Å². The van der Waals surface area contributed by atoms with Crippen molar-refractivity contribution in [3.8, 4) is 0 Å². The molecule has 5 rings (SSSR count). The molecule has 2 heterocycles. The zero-order chi connectivity index (χ0) is 27.9. The van der Waals surface area contributed by atoms with Gasteiger partial charge < -0.3 is 9.80 Å². The van der Waals surface area contributed by atoms with Crippen molar-refractivity contribution in [2.45, 2.75) is 64.0 Å². The maximum absolute atomic E-state index is 14.9. The molecule has 1 aliphatic carbocycles. The summed E-state index contributed by atoms with van der Waals surface area (Å²) in [5, 5.41) is 0.662. The number of rotatable bonds is 4. The van der Waals surface area contributed by atoms with Crippen molar-refractivity contribution in [1.29, 1.82) is 0 Å². The summed E-state index contributed by atoms with van der Waals surface area (Å²) >= 11 is 6.13. The van der Waals surface area contributed by atoms with E-state index >= 15 is 0 Å². The summed E-state index contributed by atoms with van der Waals surface area (Å²) < 4.78 is 28.6. The second kappa shape index (κ2) is 11.2. The average molecular weight is 558 g/mol. The molecule has 2 aromatic carbocycles. The molecule has 0 radical (unpaired) electrons. The lowest BCUT2D eigenvalue weighted by atomic mass is 9.87. The molecule has 0 aromatic heterocycles. The summed E-state index contributed by atoms with van der Waals surface area (Å²) in [4.78, 5) is 33.5. The molecule has 2 amide bonds. The van der Waals surface area contributed by atoms with Crippen molar-refractivity contribution in [2.24, 2.45) is 11.8 Å². The maximum atomic E-state index is 14.9. The van der Waals surface area contributed by atoms with E-state index in [-0.39, 0.29) is 35.2 Å². The molecule has 2 aromatic rings. The first-order valence-electron chi connectivity index (χ1n) is 14.1. The Morgan fingerprint density at radius 3 is 2.26 bits per heavy atom. The third kappa shape index (κ3) is 6.14. The van der Waals surface area contributed by atoms with Crippen molar-refractivity contribution in [1.82, 2.24) is 14.7 Å². The molecule has 1 saturated carbocycles. The van der Waals surface area contributed by atoms with Crippen LogP contribution in [-0.2, 0) is 9.59 Å². The van der Waals surface area contributed by atoms with Gasteiger partial charge >= 0.3 is 0 Å².